The highest BCUT2D eigenvalue weighted by atomic mass is 127. The first-order valence-corrected chi connectivity index (χ1v) is 8.80. The minimum atomic E-state index is 0. The Balaban J connectivity index is 0.00000264. The molecule has 23 heavy (non-hydrogen) atoms. The molecule has 1 atom stereocenters. The van der Waals surface area contributed by atoms with Gasteiger partial charge in [0.05, 0.1) is 19.3 Å². The van der Waals surface area contributed by atoms with Crippen LogP contribution in [0, 0.1) is 0 Å². The molecule has 1 unspecified atom stereocenters. The van der Waals surface area contributed by atoms with Gasteiger partial charge in [-0.25, -0.2) is 9.98 Å². The number of nitrogens with one attached hydrogen (secondary N) is 2. The molecule has 1 fully saturated rings. The summed E-state index contributed by atoms with van der Waals surface area (Å²) in [7, 11) is 1.63. The van der Waals surface area contributed by atoms with E-state index in [0.29, 0.717) is 17.2 Å². The van der Waals surface area contributed by atoms with E-state index in [4.69, 9.17) is 4.74 Å². The summed E-state index contributed by atoms with van der Waals surface area (Å²) < 4.78 is 5.47. The second-order valence-electron chi connectivity index (χ2n) is 5.62. The molecule has 0 aliphatic carbocycles. The van der Waals surface area contributed by atoms with Gasteiger partial charge in [0, 0.05) is 23.9 Å². The Morgan fingerprint density at radius 3 is 2.91 bits per heavy atom. The van der Waals surface area contributed by atoms with Gasteiger partial charge in [0.25, 0.3) is 0 Å². The summed E-state index contributed by atoms with van der Waals surface area (Å²) in [5.41, 5.74) is 0.901. The van der Waals surface area contributed by atoms with Crippen molar-refractivity contribution < 1.29 is 4.74 Å². The maximum Gasteiger partial charge on any atom is 0.213 e. The van der Waals surface area contributed by atoms with Crippen molar-refractivity contribution in [1.82, 2.24) is 15.6 Å². The highest BCUT2D eigenvalue weighted by molar-refractivity contribution is 14.0. The highest BCUT2D eigenvalue weighted by Gasteiger charge is 2.29. The van der Waals surface area contributed by atoms with E-state index in [0.717, 1.165) is 24.7 Å². The molecule has 0 aromatic carbocycles. The zero-order chi connectivity index (χ0) is 15.8. The van der Waals surface area contributed by atoms with Gasteiger partial charge in [0.1, 0.15) is 0 Å². The molecule has 0 amide bonds. The molecule has 2 heterocycles. The number of halogens is 1. The van der Waals surface area contributed by atoms with Crippen molar-refractivity contribution in [2.75, 3.05) is 26.0 Å². The topological polar surface area (TPSA) is 58.5 Å². The number of pyridine rings is 1. The van der Waals surface area contributed by atoms with Gasteiger partial charge in [0.2, 0.25) is 5.88 Å². The Hall–Kier alpha value is -0.700. The standard InChI is InChI=1S/C16H26N4OS.HI/c1-4-17-15(19-12-16(2)9-6-10-22-16)18-11-13-7-5-8-14(20-13)21-3;/h5,7-8H,4,6,9-12H2,1-3H3,(H2,17,18,19);1H. The fourth-order valence-electron chi connectivity index (χ4n) is 2.41. The van der Waals surface area contributed by atoms with Crippen molar-refractivity contribution in [3.05, 3.63) is 23.9 Å². The molecule has 0 radical (unpaired) electrons. The van der Waals surface area contributed by atoms with Crippen LogP contribution in [0.25, 0.3) is 0 Å². The van der Waals surface area contributed by atoms with Crippen LogP contribution in [0.15, 0.2) is 23.2 Å². The molecular formula is C16H27IN4OS. The van der Waals surface area contributed by atoms with E-state index in [1.807, 2.05) is 18.2 Å². The predicted molar refractivity (Wildman–Crippen MR) is 109 cm³/mol. The van der Waals surface area contributed by atoms with Crippen LogP contribution in [0.2, 0.25) is 0 Å². The summed E-state index contributed by atoms with van der Waals surface area (Å²) >= 11 is 2.05. The van der Waals surface area contributed by atoms with E-state index in [1.54, 1.807) is 7.11 Å². The predicted octanol–water partition coefficient (Wildman–Crippen LogP) is 3.05. The number of aromatic nitrogens is 1. The van der Waals surface area contributed by atoms with Crippen LogP contribution in [0.4, 0.5) is 0 Å². The maximum atomic E-state index is 5.14. The number of ether oxygens (including phenoxy) is 1. The number of hydrogen-bond acceptors (Lipinski definition) is 4. The van der Waals surface area contributed by atoms with Gasteiger partial charge in [0.15, 0.2) is 5.96 Å². The van der Waals surface area contributed by atoms with Crippen molar-refractivity contribution in [3.63, 3.8) is 0 Å². The van der Waals surface area contributed by atoms with Crippen LogP contribution in [-0.2, 0) is 6.54 Å². The molecule has 5 nitrogen and oxygen atoms in total. The number of hydrogen-bond donors (Lipinski definition) is 2. The molecule has 7 heteroatoms. The largest absolute Gasteiger partial charge is 0.481 e. The first-order chi connectivity index (χ1) is 10.6. The van der Waals surface area contributed by atoms with Gasteiger partial charge < -0.3 is 15.4 Å². The fourth-order valence-corrected chi connectivity index (χ4v) is 3.65. The van der Waals surface area contributed by atoms with Gasteiger partial charge in [-0.2, -0.15) is 11.8 Å². The minimum Gasteiger partial charge on any atom is -0.481 e. The summed E-state index contributed by atoms with van der Waals surface area (Å²) in [6, 6.07) is 5.74. The lowest BCUT2D eigenvalue weighted by Gasteiger charge is -2.24. The zero-order valence-electron chi connectivity index (χ0n) is 14.1. The van der Waals surface area contributed by atoms with E-state index < -0.39 is 0 Å². The quantitative estimate of drug-likeness (QED) is 0.397. The lowest BCUT2D eigenvalue weighted by atomic mass is 10.1. The Morgan fingerprint density at radius 1 is 1.43 bits per heavy atom. The number of thioether (sulfide) groups is 1. The van der Waals surface area contributed by atoms with Crippen molar-refractivity contribution >= 4 is 41.7 Å². The third-order valence-electron chi connectivity index (χ3n) is 3.66. The monoisotopic (exact) mass is 450 g/mol. The average molecular weight is 450 g/mol. The van der Waals surface area contributed by atoms with Gasteiger partial charge in [-0.05, 0) is 38.5 Å². The third-order valence-corrected chi connectivity index (χ3v) is 5.20. The van der Waals surface area contributed by atoms with Crippen LogP contribution in [-0.4, -0.2) is 41.6 Å². The number of nitrogens with zero attached hydrogens (tertiary/aromatic N) is 2. The van der Waals surface area contributed by atoms with Crippen LogP contribution in [0.5, 0.6) is 5.88 Å². The van der Waals surface area contributed by atoms with Crippen LogP contribution >= 0.6 is 35.7 Å². The molecule has 0 bridgehead atoms. The van der Waals surface area contributed by atoms with Gasteiger partial charge in [-0.1, -0.05) is 6.07 Å². The smallest absolute Gasteiger partial charge is 0.213 e. The number of rotatable bonds is 6. The summed E-state index contributed by atoms with van der Waals surface area (Å²) in [5.74, 6) is 2.74. The normalized spacial score (nSPS) is 20.7. The highest BCUT2D eigenvalue weighted by Crippen LogP contribution is 2.36. The van der Waals surface area contributed by atoms with E-state index in [-0.39, 0.29) is 24.0 Å². The minimum absolute atomic E-state index is 0. The Labute approximate surface area is 160 Å². The molecular weight excluding hydrogens is 423 g/mol. The van der Waals surface area contributed by atoms with Crippen molar-refractivity contribution in [3.8, 4) is 5.88 Å². The molecule has 1 aromatic heterocycles. The molecule has 2 rings (SSSR count). The molecule has 1 aliphatic rings. The summed E-state index contributed by atoms with van der Waals surface area (Å²) in [6.45, 7) is 6.73. The van der Waals surface area contributed by atoms with E-state index in [9.17, 15) is 0 Å². The number of methoxy groups -OCH3 is 1. The van der Waals surface area contributed by atoms with Crippen LogP contribution in [0.3, 0.4) is 0 Å². The molecule has 1 aromatic rings. The van der Waals surface area contributed by atoms with Crippen molar-refractivity contribution in [1.29, 1.82) is 0 Å². The summed E-state index contributed by atoms with van der Waals surface area (Å²) in [4.78, 5) is 9.00. The van der Waals surface area contributed by atoms with E-state index >= 15 is 0 Å². The lowest BCUT2D eigenvalue weighted by Crippen LogP contribution is -2.43. The van der Waals surface area contributed by atoms with Gasteiger partial charge in [-0.3, -0.25) is 0 Å². The molecule has 2 N–H and O–H groups in total. The van der Waals surface area contributed by atoms with Crippen molar-refractivity contribution in [2.45, 2.75) is 38.0 Å². The summed E-state index contributed by atoms with van der Waals surface area (Å²) in [5, 5.41) is 6.75. The molecule has 1 saturated heterocycles. The fraction of sp³-hybridized carbons (Fsp3) is 0.625. The van der Waals surface area contributed by atoms with E-state index in [2.05, 4.69) is 46.2 Å². The van der Waals surface area contributed by atoms with Crippen LogP contribution in [0.1, 0.15) is 32.4 Å². The maximum absolute atomic E-state index is 5.14. The first kappa shape index (κ1) is 20.3. The second kappa shape index (κ2) is 10.2. The molecule has 1 aliphatic heterocycles. The Kier molecular flexibility index (Phi) is 9.04. The van der Waals surface area contributed by atoms with Gasteiger partial charge in [-0.15, -0.1) is 24.0 Å². The Bertz CT molecular complexity index is 507. The molecule has 130 valence electrons. The number of aliphatic imine (C=N–C) groups is 1. The van der Waals surface area contributed by atoms with E-state index in [1.165, 1.54) is 18.6 Å². The number of guanidine groups is 1. The lowest BCUT2D eigenvalue weighted by molar-refractivity contribution is 0.396. The first-order valence-electron chi connectivity index (χ1n) is 7.81. The van der Waals surface area contributed by atoms with Gasteiger partial charge >= 0.3 is 0 Å². The second-order valence-corrected chi connectivity index (χ2v) is 7.30. The van der Waals surface area contributed by atoms with Crippen LogP contribution < -0.4 is 15.4 Å². The van der Waals surface area contributed by atoms with Crippen molar-refractivity contribution in [2.24, 2.45) is 4.99 Å². The average Bonchev–Trinajstić information content (AvgIpc) is 2.97. The SMILES string of the molecule is CCNC(=NCc1cccc(OC)n1)NCC1(C)CCCS1.I. The zero-order valence-corrected chi connectivity index (χ0v) is 17.2. The Morgan fingerprint density at radius 2 is 2.26 bits per heavy atom. The molecule has 0 spiro atoms. The summed E-state index contributed by atoms with van der Waals surface area (Å²) in [6.07, 6.45) is 2.58. The molecule has 0 saturated carbocycles. The third kappa shape index (κ3) is 6.74.